The average Bonchev–Trinajstić information content (AvgIpc) is 3.34. The first-order chi connectivity index (χ1) is 13.9. The second kappa shape index (κ2) is 9.23. The Morgan fingerprint density at radius 2 is 1.76 bits per heavy atom. The van der Waals surface area contributed by atoms with Crippen molar-refractivity contribution >= 4 is 23.2 Å². The van der Waals surface area contributed by atoms with E-state index in [4.69, 9.17) is 48.0 Å². The van der Waals surface area contributed by atoms with Gasteiger partial charge in [0, 0.05) is 28.0 Å². The second-order valence-electron chi connectivity index (χ2n) is 6.20. The highest BCUT2D eigenvalue weighted by molar-refractivity contribution is 6.30. The fraction of sp³-hybridized carbons (Fsp3) is 0.211. The molecule has 1 N–H and O–H groups in total. The van der Waals surface area contributed by atoms with E-state index in [1.54, 1.807) is 12.5 Å². The summed E-state index contributed by atoms with van der Waals surface area (Å²) in [6, 6.07) is 15.2. The molecule has 2 heterocycles. The van der Waals surface area contributed by atoms with Crippen LogP contribution in [0, 0.1) is 10.1 Å². The molecule has 1 aliphatic heterocycles. The molecule has 2 unspecified atom stereocenters. The Balaban J connectivity index is 0.000000552. The predicted octanol–water partition coefficient (Wildman–Crippen LogP) is 4.48. The van der Waals surface area contributed by atoms with Gasteiger partial charge < -0.3 is 19.2 Å². The molecule has 0 aliphatic carbocycles. The Labute approximate surface area is 176 Å². The number of hydrogen-bond donors (Lipinski definition) is 1. The van der Waals surface area contributed by atoms with Gasteiger partial charge in [0.15, 0.2) is 0 Å². The van der Waals surface area contributed by atoms with Crippen molar-refractivity contribution in [2.45, 2.75) is 18.4 Å². The lowest BCUT2D eigenvalue weighted by Crippen LogP contribution is -2.32. The average molecular weight is 438 g/mol. The third-order valence-corrected chi connectivity index (χ3v) is 4.78. The molecule has 0 radical (unpaired) electrons. The van der Waals surface area contributed by atoms with Crippen molar-refractivity contribution < 1.29 is 19.8 Å². The van der Waals surface area contributed by atoms with Crippen molar-refractivity contribution in [2.24, 2.45) is 0 Å². The van der Waals surface area contributed by atoms with Gasteiger partial charge in [0.1, 0.15) is 6.10 Å². The van der Waals surface area contributed by atoms with E-state index in [9.17, 15) is 0 Å². The van der Waals surface area contributed by atoms with Gasteiger partial charge in [-0.1, -0.05) is 47.5 Å². The van der Waals surface area contributed by atoms with Gasteiger partial charge in [-0.15, -0.1) is 10.1 Å². The maximum Gasteiger partial charge on any atom is 0.291 e. The summed E-state index contributed by atoms with van der Waals surface area (Å²) in [7, 11) is 0. The SMILES string of the molecule is Clc1ccc(C2COC(Cn3ccnc3)(c3ccc(Cl)cc3)O2)cc1.O=[N+]([O-])O. The molecule has 0 saturated carbocycles. The van der Waals surface area contributed by atoms with Gasteiger partial charge in [-0.05, 0) is 29.8 Å². The van der Waals surface area contributed by atoms with Crippen molar-refractivity contribution in [3.8, 4) is 0 Å². The maximum atomic E-state index is 8.36. The molecule has 4 rings (SSSR count). The molecule has 0 bridgehead atoms. The number of benzene rings is 2. The third kappa shape index (κ3) is 5.45. The summed E-state index contributed by atoms with van der Waals surface area (Å²) in [6.45, 7) is 0.956. The van der Waals surface area contributed by atoms with Gasteiger partial charge in [0.2, 0.25) is 5.79 Å². The van der Waals surface area contributed by atoms with Crippen molar-refractivity contribution in [1.82, 2.24) is 9.55 Å². The van der Waals surface area contributed by atoms with Gasteiger partial charge >= 0.3 is 0 Å². The van der Waals surface area contributed by atoms with Crippen LogP contribution in [0.15, 0.2) is 67.3 Å². The molecule has 8 nitrogen and oxygen atoms in total. The van der Waals surface area contributed by atoms with Crippen LogP contribution in [0.25, 0.3) is 0 Å². The highest BCUT2D eigenvalue weighted by Crippen LogP contribution is 2.42. The van der Waals surface area contributed by atoms with E-state index in [0.29, 0.717) is 23.2 Å². The highest BCUT2D eigenvalue weighted by atomic mass is 35.5. The summed E-state index contributed by atoms with van der Waals surface area (Å²) in [5, 5.41) is 15.0. The lowest BCUT2D eigenvalue weighted by atomic mass is 10.1. The molecule has 1 fully saturated rings. The number of halogens is 2. The maximum absolute atomic E-state index is 8.36. The van der Waals surface area contributed by atoms with Gasteiger partial charge in [0.05, 0.1) is 19.5 Å². The number of imidazole rings is 1. The molecule has 1 aliphatic rings. The minimum Gasteiger partial charge on any atom is -0.341 e. The number of aromatic nitrogens is 2. The van der Waals surface area contributed by atoms with Crippen LogP contribution in [0.1, 0.15) is 17.2 Å². The van der Waals surface area contributed by atoms with Gasteiger partial charge in [-0.25, -0.2) is 4.98 Å². The number of rotatable bonds is 4. The summed E-state index contributed by atoms with van der Waals surface area (Å²) in [6.07, 6.45) is 5.21. The molecule has 152 valence electrons. The normalized spacial score (nSPS) is 20.7. The summed E-state index contributed by atoms with van der Waals surface area (Å²) in [4.78, 5) is 12.5. The summed E-state index contributed by atoms with van der Waals surface area (Å²) in [5.74, 6) is -0.893. The van der Waals surface area contributed by atoms with E-state index in [-0.39, 0.29) is 6.10 Å². The van der Waals surface area contributed by atoms with Crippen molar-refractivity contribution in [1.29, 1.82) is 0 Å². The Hall–Kier alpha value is -2.65. The number of nitrogens with zero attached hydrogens (tertiary/aromatic N) is 3. The summed E-state index contributed by atoms with van der Waals surface area (Å²) >= 11 is 12.0. The van der Waals surface area contributed by atoms with Gasteiger partial charge in [-0.3, -0.25) is 0 Å². The molecule has 2 aromatic carbocycles. The van der Waals surface area contributed by atoms with Crippen LogP contribution in [-0.4, -0.2) is 26.5 Å². The van der Waals surface area contributed by atoms with Crippen molar-refractivity contribution in [2.75, 3.05) is 6.61 Å². The topological polar surface area (TPSA) is 99.7 Å². The first-order valence-corrected chi connectivity index (χ1v) is 9.26. The van der Waals surface area contributed by atoms with E-state index < -0.39 is 10.9 Å². The Bertz CT molecular complexity index is 931. The standard InChI is InChI=1S/C19H16Cl2N2O2.HNO3/c20-16-5-1-14(2-6-16)18-11-24-19(25-18,12-23-10-9-22-13-23)15-3-7-17(21)8-4-15;2-1(3)4/h1-10,13,18H,11-12H2;(H,2,3,4). The molecule has 0 spiro atoms. The highest BCUT2D eigenvalue weighted by Gasteiger charge is 2.44. The Kier molecular flexibility index (Phi) is 6.71. The van der Waals surface area contributed by atoms with E-state index in [0.717, 1.165) is 11.1 Å². The van der Waals surface area contributed by atoms with Crippen LogP contribution in [0.4, 0.5) is 0 Å². The van der Waals surface area contributed by atoms with Gasteiger partial charge in [-0.2, -0.15) is 0 Å². The lowest BCUT2D eigenvalue weighted by molar-refractivity contribution is -0.742. The minimum absolute atomic E-state index is 0.170. The lowest BCUT2D eigenvalue weighted by Gasteiger charge is -2.29. The molecule has 0 amide bonds. The molecular formula is C19H17Cl2N3O5. The molecule has 3 aromatic rings. The molecule has 1 aromatic heterocycles. The van der Waals surface area contributed by atoms with Crippen LogP contribution in [0.3, 0.4) is 0 Å². The molecule has 2 atom stereocenters. The second-order valence-corrected chi connectivity index (χ2v) is 7.07. The summed E-state index contributed by atoms with van der Waals surface area (Å²) < 4.78 is 14.6. The zero-order chi connectivity index (χ0) is 20.9. The van der Waals surface area contributed by atoms with Crippen LogP contribution >= 0.6 is 23.2 Å². The Morgan fingerprint density at radius 3 is 2.31 bits per heavy atom. The van der Waals surface area contributed by atoms with Crippen LogP contribution in [0.5, 0.6) is 0 Å². The van der Waals surface area contributed by atoms with E-state index >= 15 is 0 Å². The van der Waals surface area contributed by atoms with E-state index in [2.05, 4.69) is 4.98 Å². The smallest absolute Gasteiger partial charge is 0.291 e. The molecular weight excluding hydrogens is 421 g/mol. The fourth-order valence-corrected chi connectivity index (χ4v) is 3.25. The Morgan fingerprint density at radius 1 is 1.17 bits per heavy atom. The summed E-state index contributed by atoms with van der Waals surface area (Å²) in [5.41, 5.74) is 1.95. The quantitative estimate of drug-likeness (QED) is 0.476. The first kappa shape index (κ1) is 21.1. The predicted molar refractivity (Wildman–Crippen MR) is 105 cm³/mol. The van der Waals surface area contributed by atoms with E-state index in [1.165, 1.54) is 0 Å². The number of ether oxygens (including phenoxy) is 2. The fourth-order valence-electron chi connectivity index (χ4n) is 3.00. The zero-order valence-electron chi connectivity index (χ0n) is 15.0. The molecule has 29 heavy (non-hydrogen) atoms. The van der Waals surface area contributed by atoms with Crippen LogP contribution < -0.4 is 0 Å². The molecule has 1 saturated heterocycles. The molecule has 10 heteroatoms. The largest absolute Gasteiger partial charge is 0.341 e. The zero-order valence-corrected chi connectivity index (χ0v) is 16.5. The third-order valence-electron chi connectivity index (χ3n) is 4.28. The van der Waals surface area contributed by atoms with Crippen LogP contribution in [0.2, 0.25) is 10.0 Å². The van der Waals surface area contributed by atoms with Crippen molar-refractivity contribution in [3.05, 3.63) is 98.5 Å². The first-order valence-electron chi connectivity index (χ1n) is 8.50. The van der Waals surface area contributed by atoms with Gasteiger partial charge in [0.25, 0.3) is 5.09 Å². The minimum atomic E-state index is -1.50. The monoisotopic (exact) mass is 437 g/mol. The number of hydrogen-bond acceptors (Lipinski definition) is 5. The van der Waals surface area contributed by atoms with Crippen molar-refractivity contribution in [3.63, 3.8) is 0 Å². The van der Waals surface area contributed by atoms with Crippen LogP contribution in [-0.2, 0) is 21.8 Å². The van der Waals surface area contributed by atoms with E-state index in [1.807, 2.05) is 59.3 Å².